The molecule has 1 aromatic rings. The van der Waals surface area contributed by atoms with Crippen molar-refractivity contribution >= 4 is 17.3 Å². The van der Waals surface area contributed by atoms with Crippen molar-refractivity contribution in [2.45, 2.75) is 50.6 Å². The minimum Gasteiger partial charge on any atom is -0.481 e. The highest BCUT2D eigenvalue weighted by Crippen LogP contribution is 2.38. The number of hydrogen-bond acceptors (Lipinski definition) is 4. The summed E-state index contributed by atoms with van der Waals surface area (Å²) in [6.45, 7) is 2.93. The highest BCUT2D eigenvalue weighted by molar-refractivity contribution is 7.12. The van der Waals surface area contributed by atoms with Crippen LogP contribution in [0.4, 0.5) is 0 Å². The molecule has 1 N–H and O–H groups in total. The number of rotatable bonds is 5. The van der Waals surface area contributed by atoms with Gasteiger partial charge < -0.3 is 9.84 Å². The Morgan fingerprint density at radius 2 is 2.19 bits per heavy atom. The SMILES string of the molecule is O=C(O)CC1COCCN1Cc1ccc(C2CCCC2)s1. The van der Waals surface area contributed by atoms with Crippen LogP contribution in [-0.2, 0) is 16.1 Å². The monoisotopic (exact) mass is 309 g/mol. The zero-order valence-corrected chi connectivity index (χ0v) is 13.1. The molecule has 5 heteroatoms. The molecule has 3 rings (SSSR count). The molecule has 2 heterocycles. The van der Waals surface area contributed by atoms with Crippen LogP contribution in [0.2, 0.25) is 0 Å². The van der Waals surface area contributed by atoms with E-state index in [2.05, 4.69) is 17.0 Å². The van der Waals surface area contributed by atoms with Crippen molar-refractivity contribution in [1.82, 2.24) is 4.90 Å². The molecule has 1 aliphatic carbocycles. The molecule has 116 valence electrons. The first kappa shape index (κ1) is 15.0. The largest absolute Gasteiger partial charge is 0.481 e. The molecule has 0 aromatic carbocycles. The van der Waals surface area contributed by atoms with Gasteiger partial charge in [0.2, 0.25) is 0 Å². The molecular formula is C16H23NO3S. The standard InChI is InChI=1S/C16H23NO3S/c18-16(19)9-13-11-20-8-7-17(13)10-14-5-6-15(21-14)12-3-1-2-4-12/h5-6,12-13H,1-4,7-11H2,(H,18,19). The van der Waals surface area contributed by atoms with Crippen LogP contribution < -0.4 is 0 Å². The second-order valence-electron chi connectivity index (χ2n) is 6.08. The van der Waals surface area contributed by atoms with Crippen molar-refractivity contribution in [2.75, 3.05) is 19.8 Å². The Bertz CT molecular complexity index is 482. The van der Waals surface area contributed by atoms with Crippen LogP contribution in [0, 0.1) is 0 Å². The molecule has 21 heavy (non-hydrogen) atoms. The number of nitrogens with zero attached hydrogens (tertiary/aromatic N) is 1. The Kier molecular flexibility index (Phi) is 4.93. The summed E-state index contributed by atoms with van der Waals surface area (Å²) < 4.78 is 5.44. The van der Waals surface area contributed by atoms with Crippen molar-refractivity contribution in [1.29, 1.82) is 0 Å². The number of ether oxygens (including phenoxy) is 1. The summed E-state index contributed by atoms with van der Waals surface area (Å²) in [5, 5.41) is 9.02. The van der Waals surface area contributed by atoms with Gasteiger partial charge in [-0.25, -0.2) is 0 Å². The summed E-state index contributed by atoms with van der Waals surface area (Å²) in [6, 6.07) is 4.52. The minimum absolute atomic E-state index is 0.00767. The van der Waals surface area contributed by atoms with Gasteiger partial charge in [-0.2, -0.15) is 0 Å². The zero-order valence-electron chi connectivity index (χ0n) is 12.3. The third kappa shape index (κ3) is 3.84. The van der Waals surface area contributed by atoms with Gasteiger partial charge in [0.15, 0.2) is 0 Å². The number of thiophene rings is 1. The van der Waals surface area contributed by atoms with Crippen LogP contribution in [0.3, 0.4) is 0 Å². The van der Waals surface area contributed by atoms with Gasteiger partial charge in [-0.15, -0.1) is 11.3 Å². The van der Waals surface area contributed by atoms with Crippen molar-refractivity contribution in [3.8, 4) is 0 Å². The van der Waals surface area contributed by atoms with Gasteiger partial charge in [-0.05, 0) is 30.9 Å². The first-order chi connectivity index (χ1) is 10.2. The summed E-state index contributed by atoms with van der Waals surface area (Å²) in [4.78, 5) is 16.1. The Morgan fingerprint density at radius 1 is 1.38 bits per heavy atom. The molecule has 4 nitrogen and oxygen atoms in total. The summed E-state index contributed by atoms with van der Waals surface area (Å²) in [5.41, 5.74) is 0. The molecule has 0 radical (unpaired) electrons. The smallest absolute Gasteiger partial charge is 0.305 e. The molecule has 0 spiro atoms. The van der Waals surface area contributed by atoms with Crippen LogP contribution >= 0.6 is 11.3 Å². The molecule has 2 aliphatic rings. The predicted octanol–water partition coefficient (Wildman–Crippen LogP) is 3.08. The number of carbonyl (C=O) groups is 1. The lowest BCUT2D eigenvalue weighted by molar-refractivity contribution is -0.140. The second kappa shape index (κ2) is 6.90. The Morgan fingerprint density at radius 3 is 2.95 bits per heavy atom. The number of aliphatic carboxylic acids is 1. The summed E-state index contributed by atoms with van der Waals surface area (Å²) >= 11 is 1.91. The number of morpholine rings is 1. The fourth-order valence-electron chi connectivity index (χ4n) is 3.40. The number of carboxylic acid groups (broad SMARTS) is 1. The van der Waals surface area contributed by atoms with Gasteiger partial charge in [-0.1, -0.05) is 12.8 Å². The molecule has 0 amide bonds. The van der Waals surface area contributed by atoms with E-state index in [1.165, 1.54) is 35.4 Å². The van der Waals surface area contributed by atoms with E-state index in [1.807, 2.05) is 11.3 Å². The predicted molar refractivity (Wildman–Crippen MR) is 82.8 cm³/mol. The number of hydrogen-bond donors (Lipinski definition) is 1. The van der Waals surface area contributed by atoms with Gasteiger partial charge in [0.1, 0.15) is 0 Å². The molecular weight excluding hydrogens is 286 g/mol. The van der Waals surface area contributed by atoms with Crippen molar-refractivity contribution in [3.05, 3.63) is 21.9 Å². The third-order valence-corrected chi connectivity index (χ3v) is 5.79. The highest BCUT2D eigenvalue weighted by atomic mass is 32.1. The maximum Gasteiger partial charge on any atom is 0.305 e. The Balaban J connectivity index is 1.62. The van der Waals surface area contributed by atoms with E-state index in [9.17, 15) is 4.79 Å². The zero-order chi connectivity index (χ0) is 14.7. The second-order valence-corrected chi connectivity index (χ2v) is 7.28. The van der Waals surface area contributed by atoms with Gasteiger partial charge in [0.25, 0.3) is 0 Å². The summed E-state index contributed by atoms with van der Waals surface area (Å²) in [6.07, 6.45) is 5.56. The summed E-state index contributed by atoms with van der Waals surface area (Å²) in [5.74, 6) is 0.0246. The van der Waals surface area contributed by atoms with Crippen LogP contribution in [0.25, 0.3) is 0 Å². The molecule has 1 unspecified atom stereocenters. The molecule has 1 atom stereocenters. The van der Waals surface area contributed by atoms with Crippen LogP contribution in [0.1, 0.15) is 47.8 Å². The fraction of sp³-hybridized carbons (Fsp3) is 0.688. The van der Waals surface area contributed by atoms with E-state index >= 15 is 0 Å². The van der Waals surface area contributed by atoms with Gasteiger partial charge in [0.05, 0.1) is 19.6 Å². The van der Waals surface area contributed by atoms with E-state index in [4.69, 9.17) is 9.84 Å². The summed E-state index contributed by atoms with van der Waals surface area (Å²) in [7, 11) is 0. The normalized spacial score (nSPS) is 24.5. The molecule has 2 fully saturated rings. The fourth-order valence-corrected chi connectivity index (χ4v) is 4.60. The minimum atomic E-state index is -0.742. The molecule has 0 bridgehead atoms. The Hall–Kier alpha value is -0.910. The number of carboxylic acids is 1. The Labute approximate surface area is 129 Å². The average molecular weight is 309 g/mol. The van der Waals surface area contributed by atoms with Crippen molar-refractivity contribution in [2.24, 2.45) is 0 Å². The quantitative estimate of drug-likeness (QED) is 0.908. The van der Waals surface area contributed by atoms with Crippen molar-refractivity contribution in [3.63, 3.8) is 0 Å². The first-order valence-corrected chi connectivity index (χ1v) is 8.66. The lowest BCUT2D eigenvalue weighted by Gasteiger charge is -2.34. The highest BCUT2D eigenvalue weighted by Gasteiger charge is 2.26. The maximum atomic E-state index is 11.0. The molecule has 1 saturated carbocycles. The first-order valence-electron chi connectivity index (χ1n) is 7.84. The van der Waals surface area contributed by atoms with Gasteiger partial charge in [-0.3, -0.25) is 9.69 Å². The van der Waals surface area contributed by atoms with Crippen LogP contribution in [0.15, 0.2) is 12.1 Å². The molecule has 1 aliphatic heterocycles. The molecule has 1 aromatic heterocycles. The van der Waals surface area contributed by atoms with E-state index in [0.717, 1.165) is 19.0 Å². The third-order valence-electron chi connectivity index (χ3n) is 4.56. The van der Waals surface area contributed by atoms with Gasteiger partial charge in [0, 0.05) is 28.9 Å². The lowest BCUT2D eigenvalue weighted by Crippen LogP contribution is -2.45. The van der Waals surface area contributed by atoms with E-state index < -0.39 is 5.97 Å². The van der Waals surface area contributed by atoms with Crippen LogP contribution in [0.5, 0.6) is 0 Å². The van der Waals surface area contributed by atoms with E-state index in [0.29, 0.717) is 13.2 Å². The lowest BCUT2D eigenvalue weighted by atomic mass is 10.1. The van der Waals surface area contributed by atoms with Gasteiger partial charge >= 0.3 is 5.97 Å². The topological polar surface area (TPSA) is 49.8 Å². The average Bonchev–Trinajstić information content (AvgIpc) is 3.11. The maximum absolute atomic E-state index is 11.0. The van der Waals surface area contributed by atoms with Crippen molar-refractivity contribution < 1.29 is 14.6 Å². The molecule has 1 saturated heterocycles. The van der Waals surface area contributed by atoms with Crippen LogP contribution in [-0.4, -0.2) is 41.8 Å². The van der Waals surface area contributed by atoms with E-state index in [1.54, 1.807) is 0 Å². The van der Waals surface area contributed by atoms with E-state index in [-0.39, 0.29) is 12.5 Å².